The average molecular weight is 491 g/mol. The van der Waals surface area contributed by atoms with E-state index in [-0.39, 0.29) is 5.56 Å². The second kappa shape index (κ2) is 8.56. The van der Waals surface area contributed by atoms with E-state index in [1.54, 1.807) is 42.6 Å². The molecule has 3 heterocycles. The molecule has 7 heteroatoms. The summed E-state index contributed by atoms with van der Waals surface area (Å²) in [6.45, 7) is 2.43. The van der Waals surface area contributed by atoms with Crippen LogP contribution >= 0.6 is 11.6 Å². The van der Waals surface area contributed by atoms with E-state index in [0.29, 0.717) is 39.6 Å². The van der Waals surface area contributed by atoms with Gasteiger partial charge in [-0.3, -0.25) is 4.79 Å². The van der Waals surface area contributed by atoms with Gasteiger partial charge in [0.1, 0.15) is 5.58 Å². The van der Waals surface area contributed by atoms with E-state index in [9.17, 15) is 4.79 Å². The third-order valence-electron chi connectivity index (χ3n) is 6.28. The SMILES string of the molecule is C#CCn1c(C)c(C=Nn2c(-c3cc4cc(Cl)ccc4o3)nc3ccccc3c2=O)c2ccccc21. The molecular weight excluding hydrogens is 472 g/mol. The van der Waals surface area contributed by atoms with Gasteiger partial charge in [-0.15, -0.1) is 6.42 Å². The number of hydrogen-bond donors (Lipinski definition) is 0. The summed E-state index contributed by atoms with van der Waals surface area (Å²) in [5, 5.41) is 7.50. The van der Waals surface area contributed by atoms with Crippen LogP contribution < -0.4 is 5.56 Å². The third-order valence-corrected chi connectivity index (χ3v) is 6.52. The van der Waals surface area contributed by atoms with Crippen LogP contribution in [0.5, 0.6) is 0 Å². The largest absolute Gasteiger partial charge is 0.453 e. The summed E-state index contributed by atoms with van der Waals surface area (Å²) in [5.41, 5.74) is 3.75. The van der Waals surface area contributed by atoms with Crippen LogP contribution in [0.4, 0.5) is 0 Å². The van der Waals surface area contributed by atoms with Gasteiger partial charge in [0.25, 0.3) is 5.56 Å². The Hall–Kier alpha value is -4.60. The van der Waals surface area contributed by atoms with Gasteiger partial charge in [0.15, 0.2) is 5.76 Å². The standard InChI is InChI=1S/C29H19ClN4O2/c1-3-14-33-18(2)23(21-8-5-7-11-25(21)33)17-31-34-28(32-24-10-6-4-9-22(24)29(34)35)27-16-19-15-20(30)12-13-26(19)36-27/h1,4-13,15-17H,14H2,2H3. The molecule has 0 bridgehead atoms. The number of aromatic nitrogens is 3. The summed E-state index contributed by atoms with van der Waals surface area (Å²) in [7, 11) is 0. The van der Waals surface area contributed by atoms with Crippen LogP contribution in [0.3, 0.4) is 0 Å². The Bertz CT molecular complexity index is 1940. The molecule has 3 aromatic carbocycles. The van der Waals surface area contributed by atoms with Gasteiger partial charge in [0.2, 0.25) is 5.82 Å². The Morgan fingerprint density at radius 3 is 2.69 bits per heavy atom. The van der Waals surface area contributed by atoms with E-state index >= 15 is 0 Å². The lowest BCUT2D eigenvalue weighted by Gasteiger charge is -2.07. The lowest BCUT2D eigenvalue weighted by Crippen LogP contribution is -2.20. The second-order valence-electron chi connectivity index (χ2n) is 8.41. The van der Waals surface area contributed by atoms with Crippen molar-refractivity contribution in [1.29, 1.82) is 0 Å². The van der Waals surface area contributed by atoms with Crippen LogP contribution in [0, 0.1) is 19.3 Å². The van der Waals surface area contributed by atoms with E-state index in [2.05, 4.69) is 15.6 Å². The molecule has 0 N–H and O–H groups in total. The molecule has 174 valence electrons. The quantitative estimate of drug-likeness (QED) is 0.217. The maximum atomic E-state index is 13.6. The van der Waals surface area contributed by atoms with Crippen LogP contribution in [0.25, 0.3) is 44.4 Å². The van der Waals surface area contributed by atoms with E-state index in [0.717, 1.165) is 27.5 Å². The van der Waals surface area contributed by atoms with E-state index < -0.39 is 0 Å². The minimum absolute atomic E-state index is 0.296. The topological polar surface area (TPSA) is 65.3 Å². The first-order chi connectivity index (χ1) is 17.5. The molecule has 0 amide bonds. The molecule has 3 aromatic heterocycles. The fourth-order valence-electron chi connectivity index (χ4n) is 4.55. The molecule has 0 spiro atoms. The van der Waals surface area contributed by atoms with E-state index in [4.69, 9.17) is 27.4 Å². The highest BCUT2D eigenvalue weighted by Crippen LogP contribution is 2.29. The zero-order valence-corrected chi connectivity index (χ0v) is 20.0. The molecule has 0 aliphatic rings. The molecule has 0 aliphatic carbocycles. The highest BCUT2D eigenvalue weighted by Gasteiger charge is 2.17. The smallest absolute Gasteiger partial charge is 0.282 e. The zero-order valence-electron chi connectivity index (χ0n) is 19.3. The van der Waals surface area contributed by atoms with Crippen molar-refractivity contribution >= 4 is 50.6 Å². The fourth-order valence-corrected chi connectivity index (χ4v) is 4.73. The van der Waals surface area contributed by atoms with Gasteiger partial charge in [0.05, 0.1) is 23.7 Å². The molecule has 36 heavy (non-hydrogen) atoms. The van der Waals surface area contributed by atoms with Crippen molar-refractivity contribution in [2.75, 3.05) is 0 Å². The minimum atomic E-state index is -0.296. The molecule has 0 saturated heterocycles. The number of terminal acetylenes is 1. The molecule has 0 saturated carbocycles. The second-order valence-corrected chi connectivity index (χ2v) is 8.85. The Morgan fingerprint density at radius 1 is 1.08 bits per heavy atom. The van der Waals surface area contributed by atoms with Crippen molar-refractivity contribution < 1.29 is 4.42 Å². The van der Waals surface area contributed by atoms with Crippen molar-refractivity contribution in [2.45, 2.75) is 13.5 Å². The minimum Gasteiger partial charge on any atom is -0.453 e. The average Bonchev–Trinajstić information content (AvgIpc) is 3.42. The molecule has 0 radical (unpaired) electrons. The van der Waals surface area contributed by atoms with Crippen molar-refractivity contribution in [3.05, 3.63) is 99.4 Å². The van der Waals surface area contributed by atoms with Gasteiger partial charge < -0.3 is 8.98 Å². The number of benzene rings is 3. The Morgan fingerprint density at radius 2 is 1.86 bits per heavy atom. The number of furan rings is 1. The lowest BCUT2D eigenvalue weighted by atomic mass is 10.1. The summed E-state index contributed by atoms with van der Waals surface area (Å²) in [6, 6.07) is 22.3. The van der Waals surface area contributed by atoms with Crippen molar-refractivity contribution in [2.24, 2.45) is 5.10 Å². The number of para-hydroxylation sites is 2. The van der Waals surface area contributed by atoms with Gasteiger partial charge in [-0.2, -0.15) is 9.78 Å². The number of nitrogens with zero attached hydrogens (tertiary/aromatic N) is 4. The molecule has 0 unspecified atom stereocenters. The number of halogens is 1. The molecule has 0 atom stereocenters. The predicted octanol–water partition coefficient (Wildman–Crippen LogP) is 6.24. The molecular formula is C29H19ClN4O2. The van der Waals surface area contributed by atoms with Gasteiger partial charge in [-0.05, 0) is 49.4 Å². The van der Waals surface area contributed by atoms with Crippen LogP contribution in [-0.4, -0.2) is 20.4 Å². The maximum absolute atomic E-state index is 13.6. The maximum Gasteiger partial charge on any atom is 0.282 e. The monoisotopic (exact) mass is 490 g/mol. The third kappa shape index (κ3) is 3.49. The number of rotatable bonds is 4. The fraction of sp³-hybridized carbons (Fsp3) is 0.0690. The first-order valence-corrected chi connectivity index (χ1v) is 11.7. The van der Waals surface area contributed by atoms with Crippen molar-refractivity contribution in [1.82, 2.24) is 14.2 Å². The van der Waals surface area contributed by atoms with Gasteiger partial charge in [-0.25, -0.2) is 4.98 Å². The summed E-state index contributed by atoms with van der Waals surface area (Å²) in [6.07, 6.45) is 7.30. The molecule has 6 aromatic rings. The predicted molar refractivity (Wildman–Crippen MR) is 145 cm³/mol. The van der Waals surface area contributed by atoms with Crippen LogP contribution in [0.15, 0.2) is 87.1 Å². The van der Waals surface area contributed by atoms with Crippen LogP contribution in [0.1, 0.15) is 11.3 Å². The molecule has 0 fully saturated rings. The zero-order chi connectivity index (χ0) is 24.8. The molecule has 6 nitrogen and oxygen atoms in total. The summed E-state index contributed by atoms with van der Waals surface area (Å²) < 4.78 is 9.40. The van der Waals surface area contributed by atoms with Gasteiger partial charge in [-0.1, -0.05) is 47.9 Å². The normalized spacial score (nSPS) is 11.7. The lowest BCUT2D eigenvalue weighted by molar-refractivity contribution is 0.616. The van der Waals surface area contributed by atoms with Crippen molar-refractivity contribution in [3.63, 3.8) is 0 Å². The Balaban J connectivity index is 1.59. The van der Waals surface area contributed by atoms with Crippen LogP contribution in [0.2, 0.25) is 5.02 Å². The number of hydrogen-bond acceptors (Lipinski definition) is 4. The van der Waals surface area contributed by atoms with Crippen LogP contribution in [-0.2, 0) is 6.54 Å². The summed E-state index contributed by atoms with van der Waals surface area (Å²) in [5.74, 6) is 3.43. The summed E-state index contributed by atoms with van der Waals surface area (Å²) in [4.78, 5) is 18.3. The van der Waals surface area contributed by atoms with Gasteiger partial charge in [0, 0.05) is 32.6 Å². The molecule has 0 aliphatic heterocycles. The summed E-state index contributed by atoms with van der Waals surface area (Å²) >= 11 is 6.16. The Labute approximate surface area is 211 Å². The molecule has 6 rings (SSSR count). The van der Waals surface area contributed by atoms with Crippen molar-refractivity contribution in [3.8, 4) is 23.9 Å². The van der Waals surface area contributed by atoms with E-state index in [1.807, 2.05) is 43.3 Å². The van der Waals surface area contributed by atoms with Gasteiger partial charge >= 0.3 is 0 Å². The first kappa shape index (κ1) is 21.9. The Kier molecular flexibility index (Phi) is 5.21. The van der Waals surface area contributed by atoms with E-state index in [1.165, 1.54) is 4.68 Å². The first-order valence-electron chi connectivity index (χ1n) is 11.3. The highest BCUT2D eigenvalue weighted by molar-refractivity contribution is 6.31. The highest BCUT2D eigenvalue weighted by atomic mass is 35.5. The number of fused-ring (bicyclic) bond motifs is 3.